The van der Waals surface area contributed by atoms with Crippen molar-refractivity contribution >= 4 is 41.2 Å². The number of amides is 2. The summed E-state index contributed by atoms with van der Waals surface area (Å²) in [6, 6.07) is 14.4. The van der Waals surface area contributed by atoms with Gasteiger partial charge >= 0.3 is 0 Å². The Morgan fingerprint density at radius 1 is 1.00 bits per heavy atom. The third-order valence-electron chi connectivity index (χ3n) is 7.46. The zero-order valence-corrected chi connectivity index (χ0v) is 24.3. The summed E-state index contributed by atoms with van der Waals surface area (Å²) in [5, 5.41) is 3.98. The molecule has 3 aromatic rings. The molecule has 2 heterocycles. The topological polar surface area (TPSA) is 66.4 Å². The summed E-state index contributed by atoms with van der Waals surface area (Å²) in [5.74, 6) is 0.437. The standard InChI is InChI=1S/C29H35N3O2S.C2H7N.CH4/c1-29(2,3)18-25(33)31-15-16-32-24-17-20(28(34)30-35)13-14-21(24)26(19-9-5-4-6-10-19)27(32)22-11-7-8-12-23(22)31;1-3-2;/h7-8,11-14,17,19,35H,4-6,9-10,15-16,18H2,1-3H3,(H,30,34);3H,1-2H3;1H4. The minimum Gasteiger partial charge on any atom is -0.338 e. The third kappa shape index (κ3) is 6.52. The van der Waals surface area contributed by atoms with Crippen LogP contribution in [0.4, 0.5) is 5.69 Å². The fraction of sp³-hybridized carbons (Fsp3) is 0.500. The smallest absolute Gasteiger partial charge is 0.260 e. The average Bonchev–Trinajstić information content (AvgIpc) is 3.11. The first-order chi connectivity index (χ1) is 18.2. The molecule has 0 atom stereocenters. The van der Waals surface area contributed by atoms with Crippen molar-refractivity contribution in [1.29, 1.82) is 0 Å². The molecule has 1 saturated carbocycles. The number of hydrogen-bond acceptors (Lipinski definition) is 4. The zero-order valence-electron chi connectivity index (χ0n) is 23.4. The van der Waals surface area contributed by atoms with Gasteiger partial charge in [-0.05, 0) is 62.0 Å². The van der Waals surface area contributed by atoms with Crippen LogP contribution in [0, 0.1) is 5.41 Å². The van der Waals surface area contributed by atoms with Gasteiger partial charge in [-0.15, -0.1) is 0 Å². The molecule has 39 heavy (non-hydrogen) atoms. The van der Waals surface area contributed by atoms with Crippen molar-refractivity contribution < 1.29 is 9.59 Å². The number of carbonyl (C=O) groups is 2. The number of fused-ring (bicyclic) bond motifs is 5. The molecule has 2 N–H and O–H groups in total. The van der Waals surface area contributed by atoms with Crippen LogP contribution in [0.3, 0.4) is 0 Å². The van der Waals surface area contributed by atoms with Crippen molar-refractivity contribution in [2.45, 2.75) is 79.2 Å². The minimum atomic E-state index is -0.207. The molecule has 6 nitrogen and oxygen atoms in total. The van der Waals surface area contributed by atoms with Gasteiger partial charge in [0.15, 0.2) is 0 Å². The van der Waals surface area contributed by atoms with Crippen molar-refractivity contribution in [2.75, 3.05) is 25.5 Å². The van der Waals surface area contributed by atoms with Crippen LogP contribution in [0.2, 0.25) is 0 Å². The number of para-hydroxylation sites is 1. The van der Waals surface area contributed by atoms with Gasteiger partial charge in [0, 0.05) is 41.5 Å². The molecule has 1 aliphatic carbocycles. The van der Waals surface area contributed by atoms with E-state index in [4.69, 9.17) is 0 Å². The van der Waals surface area contributed by atoms with Crippen LogP contribution >= 0.6 is 12.8 Å². The molecule has 0 radical (unpaired) electrons. The Bertz CT molecular complexity index is 1300. The van der Waals surface area contributed by atoms with Gasteiger partial charge in [0.05, 0.1) is 11.4 Å². The molecular formula is C32H46N4O2S. The largest absolute Gasteiger partial charge is 0.338 e. The van der Waals surface area contributed by atoms with Gasteiger partial charge < -0.3 is 14.8 Å². The fourth-order valence-electron chi connectivity index (χ4n) is 5.95. The highest BCUT2D eigenvalue weighted by atomic mass is 32.1. The first kappa shape index (κ1) is 30.8. The number of rotatable bonds is 3. The second-order valence-electron chi connectivity index (χ2n) is 11.7. The van der Waals surface area contributed by atoms with Crippen LogP contribution in [0.15, 0.2) is 42.5 Å². The Morgan fingerprint density at radius 3 is 2.31 bits per heavy atom. The summed E-state index contributed by atoms with van der Waals surface area (Å²) < 4.78 is 4.82. The van der Waals surface area contributed by atoms with Crippen LogP contribution in [0.5, 0.6) is 0 Å². The number of nitrogens with zero attached hydrogens (tertiary/aromatic N) is 2. The Balaban J connectivity index is 0.00000101. The molecule has 212 valence electrons. The fourth-order valence-corrected chi connectivity index (χ4v) is 6.08. The number of aromatic nitrogens is 1. The normalized spacial score (nSPS) is 15.3. The molecule has 0 unspecified atom stereocenters. The lowest BCUT2D eigenvalue weighted by Gasteiger charge is -2.27. The van der Waals surface area contributed by atoms with E-state index in [-0.39, 0.29) is 24.7 Å². The van der Waals surface area contributed by atoms with E-state index in [0.29, 0.717) is 31.0 Å². The number of thiol groups is 1. The molecule has 1 aromatic heterocycles. The number of nitrogens with one attached hydrogen (secondary N) is 2. The van der Waals surface area contributed by atoms with Crippen LogP contribution in [-0.2, 0) is 11.3 Å². The average molecular weight is 551 g/mol. The summed E-state index contributed by atoms with van der Waals surface area (Å²) in [4.78, 5) is 27.9. The predicted octanol–water partition coefficient (Wildman–Crippen LogP) is 7.19. The first-order valence-electron chi connectivity index (χ1n) is 13.8. The van der Waals surface area contributed by atoms with Gasteiger partial charge in [-0.2, -0.15) is 0 Å². The van der Waals surface area contributed by atoms with Gasteiger partial charge in [0.2, 0.25) is 5.91 Å². The molecule has 7 heteroatoms. The van der Waals surface area contributed by atoms with E-state index in [9.17, 15) is 9.59 Å². The van der Waals surface area contributed by atoms with Crippen molar-refractivity contribution in [3.63, 3.8) is 0 Å². The van der Waals surface area contributed by atoms with Crippen molar-refractivity contribution in [3.05, 3.63) is 53.6 Å². The summed E-state index contributed by atoms with van der Waals surface area (Å²) in [5.41, 5.74) is 6.30. The molecule has 0 bridgehead atoms. The van der Waals surface area contributed by atoms with E-state index >= 15 is 0 Å². The highest BCUT2D eigenvalue weighted by Gasteiger charge is 2.32. The zero-order chi connectivity index (χ0) is 27.4. The van der Waals surface area contributed by atoms with Gasteiger partial charge in [-0.25, -0.2) is 0 Å². The summed E-state index contributed by atoms with van der Waals surface area (Å²) in [6.07, 6.45) is 6.64. The van der Waals surface area contributed by atoms with Crippen LogP contribution in [0.1, 0.15) is 88.6 Å². The summed E-state index contributed by atoms with van der Waals surface area (Å²) in [7, 11) is 3.75. The molecule has 0 spiro atoms. The molecule has 2 amide bonds. The molecule has 0 saturated heterocycles. The SMILES string of the molecule is C.CC(C)(C)CC(=O)N1CCn2c(c(C3CCCCC3)c3ccc(C(=O)NS)cc32)-c2ccccc21.CNC. The van der Waals surface area contributed by atoms with E-state index in [2.05, 4.69) is 72.5 Å². The van der Waals surface area contributed by atoms with Gasteiger partial charge in [-0.3, -0.25) is 14.3 Å². The highest BCUT2D eigenvalue weighted by molar-refractivity contribution is 7.78. The summed E-state index contributed by atoms with van der Waals surface area (Å²) >= 11 is 3.98. The monoisotopic (exact) mass is 550 g/mol. The lowest BCUT2D eigenvalue weighted by molar-refractivity contribution is -0.120. The van der Waals surface area contributed by atoms with E-state index in [1.54, 1.807) is 0 Å². The second-order valence-corrected chi connectivity index (χ2v) is 11.9. The molecular weight excluding hydrogens is 504 g/mol. The molecule has 5 rings (SSSR count). The highest BCUT2D eigenvalue weighted by Crippen LogP contribution is 2.47. The van der Waals surface area contributed by atoms with Crippen LogP contribution in [0.25, 0.3) is 22.2 Å². The number of anilines is 1. The maximum absolute atomic E-state index is 13.5. The Kier molecular flexibility index (Phi) is 10.3. The first-order valence-corrected chi connectivity index (χ1v) is 14.2. The van der Waals surface area contributed by atoms with Gasteiger partial charge in [0.1, 0.15) is 0 Å². The van der Waals surface area contributed by atoms with Gasteiger partial charge in [0.25, 0.3) is 5.91 Å². The lowest BCUT2D eigenvalue weighted by Crippen LogP contribution is -2.35. The van der Waals surface area contributed by atoms with E-state index in [1.807, 2.05) is 37.2 Å². The van der Waals surface area contributed by atoms with Crippen molar-refractivity contribution in [2.24, 2.45) is 5.41 Å². The van der Waals surface area contributed by atoms with Crippen LogP contribution in [-0.4, -0.2) is 37.0 Å². The summed E-state index contributed by atoms with van der Waals surface area (Å²) in [6.45, 7) is 7.63. The maximum Gasteiger partial charge on any atom is 0.260 e. The third-order valence-corrected chi connectivity index (χ3v) is 7.66. The number of benzene rings is 2. The Morgan fingerprint density at radius 2 is 1.67 bits per heavy atom. The predicted molar refractivity (Wildman–Crippen MR) is 168 cm³/mol. The molecule has 1 aliphatic heterocycles. The van der Waals surface area contributed by atoms with Crippen LogP contribution < -0.4 is 14.9 Å². The molecule has 1 fully saturated rings. The minimum absolute atomic E-state index is 0. The number of carbonyl (C=O) groups excluding carboxylic acids is 2. The lowest BCUT2D eigenvalue weighted by atomic mass is 9.81. The number of hydrogen-bond donors (Lipinski definition) is 3. The van der Waals surface area contributed by atoms with Crippen molar-refractivity contribution in [1.82, 2.24) is 14.6 Å². The van der Waals surface area contributed by atoms with E-state index in [1.165, 1.54) is 48.7 Å². The maximum atomic E-state index is 13.5. The Hall–Kier alpha value is -2.77. The Labute approximate surface area is 240 Å². The molecule has 2 aromatic carbocycles. The van der Waals surface area contributed by atoms with E-state index in [0.717, 1.165) is 16.8 Å². The quantitative estimate of drug-likeness (QED) is 0.303. The van der Waals surface area contributed by atoms with E-state index < -0.39 is 0 Å². The molecule has 2 aliphatic rings. The van der Waals surface area contributed by atoms with Crippen molar-refractivity contribution in [3.8, 4) is 11.3 Å². The second kappa shape index (κ2) is 13.1. The van der Waals surface area contributed by atoms with Gasteiger partial charge in [-0.1, -0.05) is 84.5 Å².